The minimum Gasteiger partial charge on any atom is -0.444 e. The molecule has 0 aliphatic carbocycles. The minimum absolute atomic E-state index is 0.0765. The Morgan fingerprint density at radius 1 is 1.15 bits per heavy atom. The van der Waals surface area contributed by atoms with Crippen LogP contribution in [-0.2, 0) is 4.74 Å². The number of carbonyl (C=O) groups excluding carboxylic acids is 2. The number of amides is 2. The zero-order valence-electron chi connectivity index (χ0n) is 15.6. The van der Waals surface area contributed by atoms with Gasteiger partial charge in [-0.3, -0.25) is 4.79 Å². The number of rotatable bonds is 7. The quantitative estimate of drug-likeness (QED) is 0.684. The highest BCUT2D eigenvalue weighted by molar-refractivity contribution is 7.99. The Morgan fingerprint density at radius 2 is 1.73 bits per heavy atom. The first-order chi connectivity index (χ1) is 12.0. The van der Waals surface area contributed by atoms with E-state index in [1.807, 2.05) is 13.8 Å². The Kier molecular flexibility index (Phi) is 8.33. The van der Waals surface area contributed by atoms with E-state index in [1.165, 1.54) is 24.3 Å². The van der Waals surface area contributed by atoms with Crippen molar-refractivity contribution in [1.82, 2.24) is 10.6 Å². The van der Waals surface area contributed by atoms with Crippen molar-refractivity contribution in [2.75, 3.05) is 6.54 Å². The second-order valence-corrected chi connectivity index (χ2v) is 8.17. The zero-order valence-corrected chi connectivity index (χ0v) is 16.5. The van der Waals surface area contributed by atoms with Gasteiger partial charge in [0, 0.05) is 17.0 Å². The number of carbonyl (C=O) groups is 2. The largest absolute Gasteiger partial charge is 0.444 e. The van der Waals surface area contributed by atoms with Crippen molar-refractivity contribution in [2.45, 2.75) is 56.9 Å². The van der Waals surface area contributed by atoms with Gasteiger partial charge in [-0.1, -0.05) is 25.6 Å². The first kappa shape index (κ1) is 22.2. The molecule has 0 saturated heterocycles. The van der Waals surface area contributed by atoms with Gasteiger partial charge in [0.1, 0.15) is 5.60 Å². The lowest BCUT2D eigenvalue weighted by molar-refractivity contribution is 0.0487. The van der Waals surface area contributed by atoms with E-state index in [0.717, 1.165) is 0 Å². The van der Waals surface area contributed by atoms with E-state index in [2.05, 4.69) is 10.6 Å². The fourth-order valence-corrected chi connectivity index (χ4v) is 2.50. The molecule has 0 aromatic heterocycles. The van der Waals surface area contributed by atoms with E-state index in [1.54, 1.807) is 20.8 Å². The number of benzene rings is 1. The van der Waals surface area contributed by atoms with Crippen molar-refractivity contribution in [2.24, 2.45) is 5.92 Å². The van der Waals surface area contributed by atoms with Gasteiger partial charge in [0.15, 0.2) is 0 Å². The van der Waals surface area contributed by atoms with Gasteiger partial charge in [0.25, 0.3) is 11.7 Å². The van der Waals surface area contributed by atoms with Crippen LogP contribution in [0, 0.1) is 5.92 Å². The van der Waals surface area contributed by atoms with E-state index in [4.69, 9.17) is 4.74 Å². The molecule has 1 aromatic rings. The lowest BCUT2D eigenvalue weighted by atomic mass is 10.0. The maximum atomic E-state index is 12.3. The summed E-state index contributed by atoms with van der Waals surface area (Å²) in [4.78, 5) is 24.5. The number of alkyl carbamates (subject to hydrolysis) is 1. The highest BCUT2D eigenvalue weighted by Gasteiger charge is 2.22. The van der Waals surface area contributed by atoms with Gasteiger partial charge in [0.05, 0.1) is 6.04 Å². The monoisotopic (exact) mass is 388 g/mol. The highest BCUT2D eigenvalue weighted by atomic mass is 32.2. The van der Waals surface area contributed by atoms with Crippen LogP contribution in [0.25, 0.3) is 0 Å². The molecule has 26 heavy (non-hydrogen) atoms. The predicted octanol–water partition coefficient (Wildman–Crippen LogP) is 4.28. The smallest absolute Gasteiger partial charge is 0.407 e. The molecule has 0 bridgehead atoms. The molecule has 1 rings (SSSR count). The van der Waals surface area contributed by atoms with Crippen LogP contribution in [0.4, 0.5) is 13.6 Å². The molecular weight excluding hydrogens is 362 g/mol. The molecule has 2 amide bonds. The maximum absolute atomic E-state index is 12.3. The van der Waals surface area contributed by atoms with Crippen LogP contribution in [0.5, 0.6) is 0 Å². The number of hydrogen-bond donors (Lipinski definition) is 2. The van der Waals surface area contributed by atoms with Crippen molar-refractivity contribution in [3.05, 3.63) is 29.8 Å². The van der Waals surface area contributed by atoms with Crippen molar-refractivity contribution in [3.63, 3.8) is 0 Å². The van der Waals surface area contributed by atoms with Crippen LogP contribution in [0.2, 0.25) is 0 Å². The average molecular weight is 388 g/mol. The van der Waals surface area contributed by atoms with E-state index in [0.29, 0.717) is 22.2 Å². The van der Waals surface area contributed by atoms with Gasteiger partial charge in [-0.05, 0) is 51.0 Å². The fourth-order valence-electron chi connectivity index (χ4n) is 2.00. The number of halogens is 2. The second-order valence-electron chi connectivity index (χ2n) is 7.11. The standard InChI is InChI=1S/C18H26F2N2O3S/c1-11(2)14(22-17(24)25-18(3,4)5)10-21-15(23)12-6-8-13(9-7-12)26-16(19)20/h6-9,11,14,16H,10H2,1-5H3,(H,21,23)(H,22,24). The molecular formula is C18H26F2N2O3S. The first-order valence-corrected chi connectivity index (χ1v) is 9.18. The first-order valence-electron chi connectivity index (χ1n) is 8.30. The molecule has 0 heterocycles. The second kappa shape index (κ2) is 9.75. The highest BCUT2D eigenvalue weighted by Crippen LogP contribution is 2.25. The molecule has 1 aromatic carbocycles. The van der Waals surface area contributed by atoms with Crippen molar-refractivity contribution in [1.29, 1.82) is 0 Å². The Bertz CT molecular complexity index is 601. The average Bonchev–Trinajstić information content (AvgIpc) is 2.49. The molecule has 5 nitrogen and oxygen atoms in total. The van der Waals surface area contributed by atoms with E-state index >= 15 is 0 Å². The van der Waals surface area contributed by atoms with E-state index < -0.39 is 17.5 Å². The molecule has 0 spiro atoms. The summed E-state index contributed by atoms with van der Waals surface area (Å²) in [5.41, 5.74) is -0.240. The SMILES string of the molecule is CC(C)C(CNC(=O)c1ccc(SC(F)F)cc1)NC(=O)OC(C)(C)C. The summed E-state index contributed by atoms with van der Waals surface area (Å²) in [6.45, 7) is 9.39. The van der Waals surface area contributed by atoms with E-state index in [-0.39, 0.29) is 24.4 Å². The van der Waals surface area contributed by atoms with Gasteiger partial charge in [0.2, 0.25) is 0 Å². The molecule has 146 valence electrons. The fraction of sp³-hybridized carbons (Fsp3) is 0.556. The third-order valence-corrected chi connectivity index (χ3v) is 4.05. The minimum atomic E-state index is -2.50. The van der Waals surface area contributed by atoms with Crippen LogP contribution in [0.1, 0.15) is 45.0 Å². The summed E-state index contributed by atoms with van der Waals surface area (Å²) in [6.07, 6.45) is -0.543. The van der Waals surface area contributed by atoms with E-state index in [9.17, 15) is 18.4 Å². The Morgan fingerprint density at radius 3 is 2.19 bits per heavy atom. The molecule has 1 unspecified atom stereocenters. The van der Waals surface area contributed by atoms with Gasteiger partial charge in [-0.15, -0.1) is 0 Å². The molecule has 0 aliphatic heterocycles. The normalized spacial score (nSPS) is 12.8. The van der Waals surface area contributed by atoms with Gasteiger partial charge in [-0.2, -0.15) is 8.78 Å². The molecule has 0 aliphatic rings. The number of nitrogens with one attached hydrogen (secondary N) is 2. The lowest BCUT2D eigenvalue weighted by Gasteiger charge is -2.26. The Labute approximate surface area is 157 Å². The topological polar surface area (TPSA) is 67.4 Å². The summed E-state index contributed by atoms with van der Waals surface area (Å²) in [7, 11) is 0. The van der Waals surface area contributed by atoms with Crippen LogP contribution in [-0.4, -0.2) is 35.9 Å². The summed E-state index contributed by atoms with van der Waals surface area (Å²) >= 11 is 0.426. The van der Waals surface area contributed by atoms with Crippen molar-refractivity contribution >= 4 is 23.8 Å². The maximum Gasteiger partial charge on any atom is 0.407 e. The summed E-state index contributed by atoms with van der Waals surface area (Å²) in [5.74, 6) is -2.76. The molecule has 0 radical (unpaired) electrons. The van der Waals surface area contributed by atoms with Crippen LogP contribution < -0.4 is 10.6 Å². The molecule has 2 N–H and O–H groups in total. The van der Waals surface area contributed by atoms with Gasteiger partial charge < -0.3 is 15.4 Å². The van der Waals surface area contributed by atoms with Crippen LogP contribution in [0.15, 0.2) is 29.2 Å². The van der Waals surface area contributed by atoms with Crippen LogP contribution >= 0.6 is 11.8 Å². The number of alkyl halides is 2. The molecule has 0 fully saturated rings. The lowest BCUT2D eigenvalue weighted by Crippen LogP contribution is -2.48. The van der Waals surface area contributed by atoms with Gasteiger partial charge in [-0.25, -0.2) is 4.79 Å². The summed E-state index contributed by atoms with van der Waals surface area (Å²) in [6, 6.07) is 5.63. The summed E-state index contributed by atoms with van der Waals surface area (Å²) < 4.78 is 29.9. The molecule has 8 heteroatoms. The molecule has 0 saturated carbocycles. The zero-order chi connectivity index (χ0) is 19.9. The predicted molar refractivity (Wildman–Crippen MR) is 98.6 cm³/mol. The number of ether oxygens (including phenoxy) is 1. The third-order valence-electron chi connectivity index (χ3n) is 3.33. The third kappa shape index (κ3) is 8.51. The number of thioether (sulfide) groups is 1. The number of hydrogen-bond acceptors (Lipinski definition) is 4. The van der Waals surface area contributed by atoms with Crippen LogP contribution in [0.3, 0.4) is 0 Å². The van der Waals surface area contributed by atoms with Crippen molar-refractivity contribution < 1.29 is 23.1 Å². The van der Waals surface area contributed by atoms with Gasteiger partial charge >= 0.3 is 6.09 Å². The van der Waals surface area contributed by atoms with Crippen molar-refractivity contribution in [3.8, 4) is 0 Å². The Balaban J connectivity index is 2.60. The molecule has 1 atom stereocenters. The summed E-state index contributed by atoms with van der Waals surface area (Å²) in [5, 5.41) is 5.49. The Hall–Kier alpha value is -1.83.